The Kier molecular flexibility index (Phi) is 4.48. The highest BCUT2D eigenvalue weighted by Crippen LogP contribution is 2.10. The van der Waals surface area contributed by atoms with E-state index in [0.29, 0.717) is 6.42 Å². The molecule has 1 aliphatic heterocycles. The first-order valence-corrected chi connectivity index (χ1v) is 5.18. The fourth-order valence-corrected chi connectivity index (χ4v) is 1.66. The predicted octanol–water partition coefficient (Wildman–Crippen LogP) is 0.514. The SMILES string of the molecule is C#CCC(C)NC(=O)[C@H]1CCCNC1. The summed E-state index contributed by atoms with van der Waals surface area (Å²) in [6.45, 7) is 3.77. The second-order valence-corrected chi connectivity index (χ2v) is 3.86. The van der Waals surface area contributed by atoms with E-state index in [1.165, 1.54) is 0 Å². The number of hydrogen-bond donors (Lipinski definition) is 2. The first-order valence-electron chi connectivity index (χ1n) is 5.18. The lowest BCUT2D eigenvalue weighted by molar-refractivity contribution is -0.126. The quantitative estimate of drug-likeness (QED) is 0.643. The zero-order valence-electron chi connectivity index (χ0n) is 8.68. The van der Waals surface area contributed by atoms with Gasteiger partial charge < -0.3 is 10.6 Å². The maximum absolute atomic E-state index is 11.7. The van der Waals surface area contributed by atoms with E-state index in [9.17, 15) is 4.79 Å². The van der Waals surface area contributed by atoms with Crippen LogP contribution in [0.2, 0.25) is 0 Å². The van der Waals surface area contributed by atoms with Crippen molar-refractivity contribution in [2.24, 2.45) is 5.92 Å². The van der Waals surface area contributed by atoms with Gasteiger partial charge in [0.2, 0.25) is 5.91 Å². The Bertz CT molecular complexity index is 226. The van der Waals surface area contributed by atoms with E-state index in [-0.39, 0.29) is 17.9 Å². The fraction of sp³-hybridized carbons (Fsp3) is 0.727. The Labute approximate surface area is 85.6 Å². The van der Waals surface area contributed by atoms with E-state index in [0.717, 1.165) is 25.9 Å². The molecule has 0 aromatic rings. The molecule has 1 unspecified atom stereocenters. The Morgan fingerprint density at radius 2 is 2.57 bits per heavy atom. The molecule has 14 heavy (non-hydrogen) atoms. The number of piperidine rings is 1. The van der Waals surface area contributed by atoms with Gasteiger partial charge in [-0.2, -0.15) is 0 Å². The van der Waals surface area contributed by atoms with Gasteiger partial charge in [-0.25, -0.2) is 0 Å². The molecule has 1 aliphatic rings. The molecule has 0 bridgehead atoms. The monoisotopic (exact) mass is 194 g/mol. The number of carbonyl (C=O) groups is 1. The van der Waals surface area contributed by atoms with Gasteiger partial charge in [-0.15, -0.1) is 12.3 Å². The summed E-state index contributed by atoms with van der Waals surface area (Å²) in [5.41, 5.74) is 0. The molecule has 0 radical (unpaired) electrons. The smallest absolute Gasteiger partial charge is 0.224 e. The Hall–Kier alpha value is -1.01. The molecule has 0 spiro atoms. The maximum Gasteiger partial charge on any atom is 0.224 e. The van der Waals surface area contributed by atoms with Crippen molar-refractivity contribution in [3.8, 4) is 12.3 Å². The summed E-state index contributed by atoms with van der Waals surface area (Å²) in [7, 11) is 0. The van der Waals surface area contributed by atoms with Crippen LogP contribution in [0.3, 0.4) is 0 Å². The number of hydrogen-bond acceptors (Lipinski definition) is 2. The minimum atomic E-state index is 0.0921. The van der Waals surface area contributed by atoms with Gasteiger partial charge in [0.05, 0.1) is 5.92 Å². The first-order chi connectivity index (χ1) is 6.74. The van der Waals surface area contributed by atoms with E-state index in [2.05, 4.69) is 16.6 Å². The zero-order chi connectivity index (χ0) is 10.4. The Morgan fingerprint density at radius 1 is 1.79 bits per heavy atom. The van der Waals surface area contributed by atoms with E-state index >= 15 is 0 Å². The van der Waals surface area contributed by atoms with Crippen LogP contribution in [0.15, 0.2) is 0 Å². The van der Waals surface area contributed by atoms with Crippen molar-refractivity contribution < 1.29 is 4.79 Å². The van der Waals surface area contributed by atoms with Crippen molar-refractivity contribution in [2.45, 2.75) is 32.2 Å². The second kappa shape index (κ2) is 5.66. The molecule has 2 atom stereocenters. The first kappa shape index (κ1) is 11.1. The van der Waals surface area contributed by atoms with Gasteiger partial charge >= 0.3 is 0 Å². The largest absolute Gasteiger partial charge is 0.352 e. The molecule has 3 nitrogen and oxygen atoms in total. The third kappa shape index (κ3) is 3.39. The highest BCUT2D eigenvalue weighted by Gasteiger charge is 2.21. The molecule has 3 heteroatoms. The molecule has 0 aromatic heterocycles. The normalized spacial score (nSPS) is 23.6. The van der Waals surface area contributed by atoms with E-state index in [1.54, 1.807) is 0 Å². The number of carbonyl (C=O) groups excluding carboxylic acids is 1. The Morgan fingerprint density at radius 3 is 3.14 bits per heavy atom. The summed E-state index contributed by atoms with van der Waals surface area (Å²) < 4.78 is 0. The summed E-state index contributed by atoms with van der Waals surface area (Å²) in [5.74, 6) is 2.81. The van der Waals surface area contributed by atoms with Crippen LogP contribution >= 0.6 is 0 Å². The molecule has 2 N–H and O–H groups in total. The van der Waals surface area contributed by atoms with Crippen LogP contribution < -0.4 is 10.6 Å². The van der Waals surface area contributed by atoms with Gasteiger partial charge in [0.25, 0.3) is 0 Å². The number of amides is 1. The average Bonchev–Trinajstić information content (AvgIpc) is 2.19. The molecule has 1 amide bonds. The lowest BCUT2D eigenvalue weighted by Gasteiger charge is -2.23. The summed E-state index contributed by atoms with van der Waals surface area (Å²) in [6.07, 6.45) is 7.85. The zero-order valence-corrected chi connectivity index (χ0v) is 8.68. The molecule has 1 fully saturated rings. The lowest BCUT2D eigenvalue weighted by atomic mass is 9.98. The molecule has 1 saturated heterocycles. The van der Waals surface area contributed by atoms with Gasteiger partial charge in [-0.3, -0.25) is 4.79 Å². The van der Waals surface area contributed by atoms with Gasteiger partial charge in [-0.05, 0) is 26.3 Å². The van der Waals surface area contributed by atoms with Crippen molar-refractivity contribution in [3.63, 3.8) is 0 Å². The average molecular weight is 194 g/mol. The molecule has 1 heterocycles. The highest BCUT2D eigenvalue weighted by atomic mass is 16.1. The van der Waals surface area contributed by atoms with Gasteiger partial charge in [0.15, 0.2) is 0 Å². The van der Waals surface area contributed by atoms with Crippen molar-refractivity contribution in [1.82, 2.24) is 10.6 Å². The minimum Gasteiger partial charge on any atom is -0.352 e. The standard InChI is InChI=1S/C11H18N2O/c1-3-5-9(2)13-11(14)10-6-4-7-12-8-10/h1,9-10,12H,4-8H2,2H3,(H,13,14)/t9?,10-/m0/s1. The van der Waals surface area contributed by atoms with Crippen molar-refractivity contribution in [3.05, 3.63) is 0 Å². The van der Waals surface area contributed by atoms with E-state index < -0.39 is 0 Å². The molecule has 0 aromatic carbocycles. The minimum absolute atomic E-state index is 0.0921. The second-order valence-electron chi connectivity index (χ2n) is 3.86. The van der Waals surface area contributed by atoms with Gasteiger partial charge in [0.1, 0.15) is 0 Å². The molecular weight excluding hydrogens is 176 g/mol. The van der Waals surface area contributed by atoms with Crippen LogP contribution in [0, 0.1) is 18.3 Å². The topological polar surface area (TPSA) is 41.1 Å². The summed E-state index contributed by atoms with van der Waals surface area (Å²) in [4.78, 5) is 11.7. The Balaban J connectivity index is 2.30. The van der Waals surface area contributed by atoms with Crippen molar-refractivity contribution in [1.29, 1.82) is 0 Å². The van der Waals surface area contributed by atoms with Gasteiger partial charge in [0, 0.05) is 19.0 Å². The van der Waals surface area contributed by atoms with E-state index in [1.807, 2.05) is 6.92 Å². The van der Waals surface area contributed by atoms with Crippen LogP contribution in [-0.2, 0) is 4.79 Å². The fourth-order valence-electron chi connectivity index (χ4n) is 1.66. The maximum atomic E-state index is 11.7. The molecular formula is C11H18N2O. The van der Waals surface area contributed by atoms with Crippen LogP contribution in [-0.4, -0.2) is 25.0 Å². The predicted molar refractivity (Wildman–Crippen MR) is 56.6 cm³/mol. The van der Waals surface area contributed by atoms with Gasteiger partial charge in [-0.1, -0.05) is 0 Å². The third-order valence-electron chi connectivity index (χ3n) is 2.48. The number of terminal acetylenes is 1. The van der Waals surface area contributed by atoms with Crippen LogP contribution in [0.1, 0.15) is 26.2 Å². The molecule has 0 aliphatic carbocycles. The van der Waals surface area contributed by atoms with Crippen LogP contribution in [0.25, 0.3) is 0 Å². The molecule has 0 saturated carbocycles. The van der Waals surface area contributed by atoms with E-state index in [4.69, 9.17) is 6.42 Å². The molecule has 78 valence electrons. The summed E-state index contributed by atoms with van der Waals surface area (Å²) in [5, 5.41) is 6.15. The van der Waals surface area contributed by atoms with Crippen LogP contribution in [0.5, 0.6) is 0 Å². The highest BCUT2D eigenvalue weighted by molar-refractivity contribution is 5.79. The van der Waals surface area contributed by atoms with Crippen molar-refractivity contribution in [2.75, 3.05) is 13.1 Å². The summed E-state index contributed by atoms with van der Waals surface area (Å²) >= 11 is 0. The van der Waals surface area contributed by atoms with Crippen molar-refractivity contribution >= 4 is 5.91 Å². The summed E-state index contributed by atoms with van der Waals surface area (Å²) in [6, 6.07) is 0.0921. The number of nitrogens with one attached hydrogen (secondary N) is 2. The molecule has 1 rings (SSSR count). The lowest BCUT2D eigenvalue weighted by Crippen LogP contribution is -2.43. The van der Waals surface area contributed by atoms with Crippen LogP contribution in [0.4, 0.5) is 0 Å². The third-order valence-corrected chi connectivity index (χ3v) is 2.48. The number of rotatable bonds is 3.